The van der Waals surface area contributed by atoms with Gasteiger partial charge in [0, 0.05) is 13.1 Å². The van der Waals surface area contributed by atoms with Crippen molar-refractivity contribution in [3.63, 3.8) is 0 Å². The molecular weight excluding hydrogens is 379 g/mol. The number of carbonyl (C=O) groups excluding carboxylic acids is 4. The number of esters is 1. The van der Waals surface area contributed by atoms with Crippen LogP contribution in [-0.4, -0.2) is 53.4 Å². The van der Waals surface area contributed by atoms with Crippen LogP contribution in [0.1, 0.15) is 10.4 Å². The quantitative estimate of drug-likeness (QED) is 0.746. The third kappa shape index (κ3) is 4.62. The fourth-order valence-corrected chi connectivity index (χ4v) is 3.15. The minimum Gasteiger partial charge on any atom is -0.452 e. The van der Waals surface area contributed by atoms with Gasteiger partial charge in [0.2, 0.25) is 5.91 Å². The maximum Gasteiger partial charge on any atom is 0.341 e. The molecule has 0 atom stereocenters. The number of hydrogen-bond donors (Lipinski definition) is 1. The van der Waals surface area contributed by atoms with E-state index >= 15 is 0 Å². The summed E-state index contributed by atoms with van der Waals surface area (Å²) >= 11 is 12.6. The van der Waals surface area contributed by atoms with E-state index in [1.54, 1.807) is 6.07 Å². The Morgan fingerprint density at radius 3 is 2.50 bits per heavy atom. The number of imide groups is 1. The highest BCUT2D eigenvalue weighted by molar-refractivity contribution is 8.14. The summed E-state index contributed by atoms with van der Waals surface area (Å²) in [4.78, 5) is 47.3. The van der Waals surface area contributed by atoms with Crippen LogP contribution in [0.25, 0.3) is 0 Å². The van der Waals surface area contributed by atoms with Crippen LogP contribution in [0.3, 0.4) is 0 Å². The number of thioether (sulfide) groups is 1. The van der Waals surface area contributed by atoms with E-state index in [0.717, 1.165) is 16.7 Å². The molecule has 2 rings (SSSR count). The lowest BCUT2D eigenvalue weighted by molar-refractivity contribution is -0.126. The molecule has 0 spiro atoms. The molecule has 0 aliphatic carbocycles. The first-order valence-electron chi connectivity index (χ1n) is 6.75. The Labute approximate surface area is 151 Å². The molecule has 3 amide bonds. The standard InChI is InChI=1S/C14H12Cl2N2O5S/c15-8-2-1-3-9(16)12(8)13(21)23-6-10(19)17-4-5-18-11(20)7-24-14(18)22/h1-3H,4-7H2,(H,17,19). The highest BCUT2D eigenvalue weighted by atomic mass is 35.5. The number of rotatable bonds is 6. The van der Waals surface area contributed by atoms with Crippen molar-refractivity contribution in [3.05, 3.63) is 33.8 Å². The molecule has 1 aromatic rings. The van der Waals surface area contributed by atoms with Crippen LogP contribution in [0.15, 0.2) is 18.2 Å². The number of ether oxygens (including phenoxy) is 1. The average Bonchev–Trinajstić information content (AvgIpc) is 2.84. The molecule has 1 fully saturated rings. The van der Waals surface area contributed by atoms with Crippen LogP contribution in [0.5, 0.6) is 0 Å². The molecule has 0 saturated carbocycles. The fraction of sp³-hybridized carbons (Fsp3) is 0.286. The lowest BCUT2D eigenvalue weighted by atomic mass is 10.2. The molecule has 0 bridgehead atoms. The van der Waals surface area contributed by atoms with Crippen molar-refractivity contribution < 1.29 is 23.9 Å². The lowest BCUT2D eigenvalue weighted by Gasteiger charge is -2.13. The van der Waals surface area contributed by atoms with Crippen LogP contribution in [0, 0.1) is 0 Å². The Kier molecular flexibility index (Phi) is 6.47. The molecule has 1 saturated heterocycles. The Bertz CT molecular complexity index is 661. The van der Waals surface area contributed by atoms with Crippen LogP contribution in [0.2, 0.25) is 10.0 Å². The summed E-state index contributed by atoms with van der Waals surface area (Å²) in [5.74, 6) is -1.57. The zero-order chi connectivity index (χ0) is 17.7. The van der Waals surface area contributed by atoms with Gasteiger partial charge in [-0.3, -0.25) is 19.3 Å². The third-order valence-corrected chi connectivity index (χ3v) is 4.49. The van der Waals surface area contributed by atoms with Gasteiger partial charge in [-0.2, -0.15) is 0 Å². The van der Waals surface area contributed by atoms with E-state index in [9.17, 15) is 19.2 Å². The van der Waals surface area contributed by atoms with Crippen LogP contribution in [0.4, 0.5) is 4.79 Å². The third-order valence-electron chi connectivity index (χ3n) is 3.00. The van der Waals surface area contributed by atoms with E-state index < -0.39 is 18.5 Å². The van der Waals surface area contributed by atoms with Gasteiger partial charge < -0.3 is 10.1 Å². The molecule has 1 N–H and O–H groups in total. The van der Waals surface area contributed by atoms with E-state index in [1.807, 2.05) is 0 Å². The summed E-state index contributed by atoms with van der Waals surface area (Å²) < 4.78 is 4.84. The molecule has 0 aromatic heterocycles. The van der Waals surface area contributed by atoms with Gasteiger partial charge in [0.05, 0.1) is 21.4 Å². The van der Waals surface area contributed by atoms with Gasteiger partial charge in [0.15, 0.2) is 6.61 Å². The van der Waals surface area contributed by atoms with Gasteiger partial charge in [-0.15, -0.1) is 0 Å². The zero-order valence-corrected chi connectivity index (χ0v) is 14.5. The number of hydrogen-bond acceptors (Lipinski definition) is 6. The second-order valence-electron chi connectivity index (χ2n) is 4.62. The van der Waals surface area contributed by atoms with E-state index in [0.29, 0.717) is 0 Å². The van der Waals surface area contributed by atoms with Crippen LogP contribution < -0.4 is 5.32 Å². The normalized spacial score (nSPS) is 14.0. The molecule has 24 heavy (non-hydrogen) atoms. The maximum atomic E-state index is 11.9. The van der Waals surface area contributed by atoms with Crippen molar-refractivity contribution in [3.8, 4) is 0 Å². The average molecular weight is 391 g/mol. The van der Waals surface area contributed by atoms with Crippen molar-refractivity contribution in [1.82, 2.24) is 10.2 Å². The first-order chi connectivity index (χ1) is 11.4. The number of halogens is 2. The smallest absolute Gasteiger partial charge is 0.341 e. The van der Waals surface area contributed by atoms with Crippen LogP contribution >= 0.6 is 35.0 Å². The molecule has 128 valence electrons. The van der Waals surface area contributed by atoms with Gasteiger partial charge in [0.1, 0.15) is 0 Å². The summed E-state index contributed by atoms with van der Waals surface area (Å²) in [5, 5.41) is 2.35. The number of nitrogens with one attached hydrogen (secondary N) is 1. The Hall–Kier alpha value is -1.77. The predicted molar refractivity (Wildman–Crippen MR) is 89.3 cm³/mol. The fourth-order valence-electron chi connectivity index (χ4n) is 1.85. The van der Waals surface area contributed by atoms with Gasteiger partial charge in [-0.05, 0) is 12.1 Å². The molecule has 10 heteroatoms. The summed E-state index contributed by atoms with van der Waals surface area (Å²) in [6, 6.07) is 4.53. The van der Waals surface area contributed by atoms with E-state index in [1.165, 1.54) is 12.1 Å². The summed E-state index contributed by atoms with van der Waals surface area (Å²) in [7, 11) is 0. The van der Waals surface area contributed by atoms with E-state index in [2.05, 4.69) is 5.32 Å². The van der Waals surface area contributed by atoms with Gasteiger partial charge in [-0.1, -0.05) is 41.0 Å². The molecule has 0 radical (unpaired) electrons. The minimum absolute atomic E-state index is 0.0149. The van der Waals surface area contributed by atoms with Gasteiger partial charge in [0.25, 0.3) is 11.1 Å². The second kappa shape index (κ2) is 8.36. The van der Waals surface area contributed by atoms with E-state index in [-0.39, 0.29) is 45.6 Å². The van der Waals surface area contributed by atoms with Crippen molar-refractivity contribution in [2.75, 3.05) is 25.4 Å². The number of carbonyl (C=O) groups is 4. The monoisotopic (exact) mass is 390 g/mol. The Balaban J connectivity index is 1.76. The number of benzene rings is 1. The summed E-state index contributed by atoms with van der Waals surface area (Å²) in [5.41, 5.74) is -0.0149. The largest absolute Gasteiger partial charge is 0.452 e. The van der Waals surface area contributed by atoms with Crippen molar-refractivity contribution in [1.29, 1.82) is 0 Å². The Morgan fingerprint density at radius 2 is 1.92 bits per heavy atom. The Morgan fingerprint density at radius 1 is 1.25 bits per heavy atom. The molecule has 0 unspecified atom stereocenters. The van der Waals surface area contributed by atoms with Crippen molar-refractivity contribution in [2.24, 2.45) is 0 Å². The molecule has 1 aromatic carbocycles. The topological polar surface area (TPSA) is 92.8 Å². The van der Waals surface area contributed by atoms with Gasteiger partial charge >= 0.3 is 5.97 Å². The molecule has 1 aliphatic heterocycles. The molecule has 1 aliphatic rings. The SMILES string of the molecule is O=C(COC(=O)c1c(Cl)cccc1Cl)NCCN1C(=O)CSC1=O. The highest BCUT2D eigenvalue weighted by Gasteiger charge is 2.29. The molecule has 7 nitrogen and oxygen atoms in total. The van der Waals surface area contributed by atoms with Crippen LogP contribution in [-0.2, 0) is 14.3 Å². The van der Waals surface area contributed by atoms with Gasteiger partial charge in [-0.25, -0.2) is 4.79 Å². The lowest BCUT2D eigenvalue weighted by Crippen LogP contribution is -2.38. The first-order valence-corrected chi connectivity index (χ1v) is 8.49. The summed E-state index contributed by atoms with van der Waals surface area (Å²) in [6.07, 6.45) is 0. The zero-order valence-electron chi connectivity index (χ0n) is 12.2. The number of amides is 3. The van der Waals surface area contributed by atoms with E-state index in [4.69, 9.17) is 27.9 Å². The summed E-state index contributed by atoms with van der Waals surface area (Å²) in [6.45, 7) is -0.390. The van der Waals surface area contributed by atoms with Crippen molar-refractivity contribution >= 4 is 58.0 Å². The predicted octanol–water partition coefficient (Wildman–Crippen LogP) is 1.96. The molecule has 1 heterocycles. The first kappa shape index (κ1) is 18.6. The molecular formula is C14H12Cl2N2O5S. The minimum atomic E-state index is -0.818. The highest BCUT2D eigenvalue weighted by Crippen LogP contribution is 2.24. The second-order valence-corrected chi connectivity index (χ2v) is 6.36. The maximum absolute atomic E-state index is 11.9. The number of nitrogens with zero attached hydrogens (tertiary/aromatic N) is 1. The van der Waals surface area contributed by atoms with Crippen molar-refractivity contribution in [2.45, 2.75) is 0 Å².